The van der Waals surface area contributed by atoms with E-state index in [0.29, 0.717) is 6.54 Å². The molecule has 0 radical (unpaired) electrons. The predicted octanol–water partition coefficient (Wildman–Crippen LogP) is 1.55. The van der Waals surface area contributed by atoms with Crippen LogP contribution in [0.1, 0.15) is 26.2 Å². The Kier molecular flexibility index (Phi) is 3.39. The number of nitrogens with zero attached hydrogens (tertiary/aromatic N) is 3. The SMILES string of the molecule is CCNc1ncnc(NC2CC3CCC2O3)c1[N+](=O)[O-]. The van der Waals surface area contributed by atoms with Crippen molar-refractivity contribution in [2.75, 3.05) is 17.2 Å². The first-order chi connectivity index (χ1) is 9.69. The Hall–Kier alpha value is -1.96. The molecule has 0 spiro atoms. The number of anilines is 2. The fourth-order valence-corrected chi connectivity index (χ4v) is 2.92. The largest absolute Gasteiger partial charge is 0.373 e. The molecule has 2 saturated heterocycles. The predicted molar refractivity (Wildman–Crippen MR) is 72.8 cm³/mol. The van der Waals surface area contributed by atoms with Crippen LogP contribution in [0.25, 0.3) is 0 Å². The maximum absolute atomic E-state index is 11.3. The van der Waals surface area contributed by atoms with Gasteiger partial charge in [-0.25, -0.2) is 9.97 Å². The second-order valence-corrected chi connectivity index (χ2v) is 5.07. The number of ether oxygens (including phenoxy) is 1. The molecule has 2 aliphatic heterocycles. The lowest BCUT2D eigenvalue weighted by Gasteiger charge is -2.20. The first kappa shape index (κ1) is 13.0. The smallest absolute Gasteiger partial charge is 0.353 e. The molecule has 0 amide bonds. The van der Waals surface area contributed by atoms with Crippen molar-refractivity contribution in [2.45, 2.75) is 44.4 Å². The summed E-state index contributed by atoms with van der Waals surface area (Å²) in [6, 6.07) is 0.0943. The number of nitro groups is 1. The van der Waals surface area contributed by atoms with Crippen molar-refractivity contribution < 1.29 is 9.66 Å². The molecule has 2 N–H and O–H groups in total. The van der Waals surface area contributed by atoms with Crippen molar-refractivity contribution >= 4 is 17.3 Å². The van der Waals surface area contributed by atoms with Gasteiger partial charge in [0.25, 0.3) is 0 Å². The van der Waals surface area contributed by atoms with Gasteiger partial charge in [-0.3, -0.25) is 10.1 Å². The van der Waals surface area contributed by atoms with Gasteiger partial charge in [0, 0.05) is 6.54 Å². The summed E-state index contributed by atoms with van der Waals surface area (Å²) in [5.74, 6) is 0.515. The molecule has 3 heterocycles. The van der Waals surface area contributed by atoms with Gasteiger partial charge in [0.05, 0.1) is 23.2 Å². The number of nitrogens with one attached hydrogen (secondary N) is 2. The van der Waals surface area contributed by atoms with Crippen molar-refractivity contribution in [3.05, 3.63) is 16.4 Å². The van der Waals surface area contributed by atoms with E-state index in [1.54, 1.807) is 0 Å². The highest BCUT2D eigenvalue weighted by Gasteiger charge is 2.41. The van der Waals surface area contributed by atoms with E-state index in [0.717, 1.165) is 19.3 Å². The van der Waals surface area contributed by atoms with Crippen LogP contribution in [-0.2, 0) is 4.74 Å². The van der Waals surface area contributed by atoms with E-state index in [-0.39, 0.29) is 35.6 Å². The van der Waals surface area contributed by atoms with E-state index in [4.69, 9.17) is 4.74 Å². The zero-order valence-corrected chi connectivity index (χ0v) is 11.2. The lowest BCUT2D eigenvalue weighted by Crippen LogP contribution is -2.31. The lowest BCUT2D eigenvalue weighted by atomic mass is 9.95. The van der Waals surface area contributed by atoms with Crippen LogP contribution >= 0.6 is 0 Å². The Morgan fingerprint density at radius 2 is 2.25 bits per heavy atom. The highest BCUT2D eigenvalue weighted by Crippen LogP contribution is 2.37. The molecule has 2 fully saturated rings. The van der Waals surface area contributed by atoms with Gasteiger partial charge in [-0.15, -0.1) is 0 Å². The van der Waals surface area contributed by atoms with Crippen molar-refractivity contribution in [3.63, 3.8) is 0 Å². The number of aromatic nitrogens is 2. The average molecular weight is 279 g/mol. The van der Waals surface area contributed by atoms with Gasteiger partial charge in [-0.2, -0.15) is 0 Å². The number of hydrogen-bond donors (Lipinski definition) is 2. The summed E-state index contributed by atoms with van der Waals surface area (Å²) in [7, 11) is 0. The molecule has 0 aliphatic carbocycles. The third-order valence-corrected chi connectivity index (χ3v) is 3.78. The first-order valence-electron chi connectivity index (χ1n) is 6.84. The van der Waals surface area contributed by atoms with Gasteiger partial charge in [-0.1, -0.05) is 0 Å². The third-order valence-electron chi connectivity index (χ3n) is 3.78. The molecule has 1 aromatic heterocycles. The van der Waals surface area contributed by atoms with E-state index in [1.165, 1.54) is 6.33 Å². The zero-order chi connectivity index (χ0) is 14.1. The minimum Gasteiger partial charge on any atom is -0.373 e. The zero-order valence-electron chi connectivity index (χ0n) is 11.2. The van der Waals surface area contributed by atoms with Crippen LogP contribution in [0.2, 0.25) is 0 Å². The van der Waals surface area contributed by atoms with Gasteiger partial charge in [0.1, 0.15) is 6.33 Å². The molecular formula is C12H17N5O3. The van der Waals surface area contributed by atoms with Crippen molar-refractivity contribution in [3.8, 4) is 0 Å². The second-order valence-electron chi connectivity index (χ2n) is 5.07. The molecule has 0 aromatic carbocycles. The normalized spacial score (nSPS) is 27.6. The summed E-state index contributed by atoms with van der Waals surface area (Å²) in [6.45, 7) is 2.43. The molecule has 3 unspecified atom stereocenters. The standard InChI is InChI=1S/C12H17N5O3/c1-2-13-11-10(17(18)19)12(15-6-14-11)16-8-5-7-3-4-9(8)20-7/h6-9H,2-5H2,1H3,(H2,13,14,15,16). The van der Waals surface area contributed by atoms with E-state index in [1.807, 2.05) is 6.92 Å². The highest BCUT2D eigenvalue weighted by atomic mass is 16.6. The van der Waals surface area contributed by atoms with Crippen LogP contribution in [0.4, 0.5) is 17.3 Å². The van der Waals surface area contributed by atoms with Crippen molar-refractivity contribution in [1.29, 1.82) is 0 Å². The van der Waals surface area contributed by atoms with Crippen LogP contribution in [0.3, 0.4) is 0 Å². The van der Waals surface area contributed by atoms with Gasteiger partial charge in [-0.05, 0) is 26.2 Å². The molecule has 8 heteroatoms. The van der Waals surface area contributed by atoms with Crippen LogP contribution in [0.5, 0.6) is 0 Å². The molecule has 0 saturated carbocycles. The van der Waals surface area contributed by atoms with Crippen LogP contribution < -0.4 is 10.6 Å². The Morgan fingerprint density at radius 3 is 2.85 bits per heavy atom. The number of rotatable bonds is 5. The Morgan fingerprint density at radius 1 is 1.45 bits per heavy atom. The van der Waals surface area contributed by atoms with Gasteiger partial charge >= 0.3 is 5.69 Å². The summed E-state index contributed by atoms with van der Waals surface area (Å²) in [5.41, 5.74) is -0.0999. The summed E-state index contributed by atoms with van der Waals surface area (Å²) in [4.78, 5) is 18.8. The van der Waals surface area contributed by atoms with Gasteiger partial charge in [0.2, 0.25) is 11.6 Å². The lowest BCUT2D eigenvalue weighted by molar-refractivity contribution is -0.383. The maximum atomic E-state index is 11.3. The Bertz CT molecular complexity index is 524. The maximum Gasteiger partial charge on any atom is 0.353 e. The van der Waals surface area contributed by atoms with E-state index in [9.17, 15) is 10.1 Å². The van der Waals surface area contributed by atoms with Crippen LogP contribution in [-0.4, -0.2) is 39.7 Å². The van der Waals surface area contributed by atoms with Gasteiger partial charge in [0.15, 0.2) is 0 Å². The molecule has 20 heavy (non-hydrogen) atoms. The third kappa shape index (κ3) is 2.26. The summed E-state index contributed by atoms with van der Waals surface area (Å²) < 4.78 is 5.74. The second kappa shape index (κ2) is 5.20. The molecule has 2 aliphatic rings. The minimum absolute atomic E-state index is 0.0943. The monoisotopic (exact) mass is 279 g/mol. The van der Waals surface area contributed by atoms with E-state index < -0.39 is 4.92 Å². The summed E-state index contributed by atoms with van der Waals surface area (Å²) >= 11 is 0. The molecule has 1 aromatic rings. The average Bonchev–Trinajstić information content (AvgIpc) is 3.01. The van der Waals surface area contributed by atoms with Crippen LogP contribution in [0, 0.1) is 10.1 Å². The molecule has 108 valence electrons. The molecule has 3 atom stereocenters. The fourth-order valence-electron chi connectivity index (χ4n) is 2.92. The van der Waals surface area contributed by atoms with Gasteiger partial charge < -0.3 is 15.4 Å². The Labute approximate surface area is 116 Å². The first-order valence-corrected chi connectivity index (χ1v) is 6.84. The van der Waals surface area contributed by atoms with Crippen molar-refractivity contribution in [2.24, 2.45) is 0 Å². The quantitative estimate of drug-likeness (QED) is 0.622. The molecule has 2 bridgehead atoms. The number of hydrogen-bond acceptors (Lipinski definition) is 7. The van der Waals surface area contributed by atoms with E-state index >= 15 is 0 Å². The topological polar surface area (TPSA) is 102 Å². The number of fused-ring (bicyclic) bond motifs is 2. The van der Waals surface area contributed by atoms with Crippen LogP contribution in [0.15, 0.2) is 6.33 Å². The highest BCUT2D eigenvalue weighted by molar-refractivity contribution is 5.69. The van der Waals surface area contributed by atoms with Crippen molar-refractivity contribution in [1.82, 2.24) is 9.97 Å². The molecule has 3 rings (SSSR count). The van der Waals surface area contributed by atoms with E-state index in [2.05, 4.69) is 20.6 Å². The summed E-state index contributed by atoms with van der Waals surface area (Å²) in [5, 5.41) is 17.3. The minimum atomic E-state index is -0.450. The summed E-state index contributed by atoms with van der Waals surface area (Å²) in [6.07, 6.45) is 4.71. The fraction of sp³-hybridized carbons (Fsp3) is 0.667. The molecular weight excluding hydrogens is 262 g/mol. The molecule has 8 nitrogen and oxygen atoms in total. The Balaban J connectivity index is 1.85.